The van der Waals surface area contributed by atoms with Crippen molar-refractivity contribution in [1.82, 2.24) is 9.97 Å². The summed E-state index contributed by atoms with van der Waals surface area (Å²) in [7, 11) is 0. The molecule has 0 radical (unpaired) electrons. The molecule has 1 aromatic heterocycles. The molecule has 0 fully saturated rings. The first-order valence-corrected chi connectivity index (χ1v) is 5.81. The number of hydrogen-bond donors (Lipinski definition) is 1. The van der Waals surface area contributed by atoms with E-state index in [1.807, 2.05) is 25.1 Å². The Hall–Kier alpha value is -1.42. The van der Waals surface area contributed by atoms with Crippen LogP contribution in [0.1, 0.15) is 11.3 Å². The zero-order chi connectivity index (χ0) is 11.4. The van der Waals surface area contributed by atoms with Crippen molar-refractivity contribution >= 4 is 21.7 Å². The fourth-order valence-corrected chi connectivity index (χ4v) is 1.71. The molecule has 0 atom stereocenters. The van der Waals surface area contributed by atoms with Crippen LogP contribution in [0.3, 0.4) is 0 Å². The van der Waals surface area contributed by atoms with E-state index in [0.717, 1.165) is 22.5 Å². The molecule has 4 heteroatoms. The zero-order valence-corrected chi connectivity index (χ0v) is 10.5. The van der Waals surface area contributed by atoms with Gasteiger partial charge in [-0.3, -0.25) is 0 Å². The molecule has 2 rings (SSSR count). The molecule has 3 nitrogen and oxygen atoms in total. The average Bonchev–Trinajstić information content (AvgIpc) is 2.32. The standard InChI is InChI=1S/C12H12BrN3/c1-9-11(13)12(16-8-15-9)14-7-10-5-3-2-4-6-10/h2-6,8H,7H2,1H3,(H,14,15,16). The van der Waals surface area contributed by atoms with Gasteiger partial charge in [-0.05, 0) is 28.4 Å². The Balaban J connectivity index is 2.08. The van der Waals surface area contributed by atoms with E-state index in [2.05, 4.69) is 43.3 Å². The lowest BCUT2D eigenvalue weighted by Gasteiger charge is -2.08. The van der Waals surface area contributed by atoms with Gasteiger partial charge in [0.1, 0.15) is 12.1 Å². The molecule has 1 heterocycles. The molecule has 82 valence electrons. The van der Waals surface area contributed by atoms with Crippen molar-refractivity contribution in [3.05, 3.63) is 52.4 Å². The van der Waals surface area contributed by atoms with Gasteiger partial charge in [-0.2, -0.15) is 0 Å². The summed E-state index contributed by atoms with van der Waals surface area (Å²) < 4.78 is 0.922. The van der Waals surface area contributed by atoms with Crippen molar-refractivity contribution in [2.75, 3.05) is 5.32 Å². The SMILES string of the molecule is Cc1ncnc(NCc2ccccc2)c1Br. The first-order valence-electron chi connectivity index (χ1n) is 5.02. The maximum atomic E-state index is 4.19. The molecule has 0 saturated carbocycles. The van der Waals surface area contributed by atoms with Crippen molar-refractivity contribution in [3.63, 3.8) is 0 Å². The molecular formula is C12H12BrN3. The number of aryl methyl sites for hydroxylation is 1. The van der Waals surface area contributed by atoms with Gasteiger partial charge in [0.15, 0.2) is 0 Å². The van der Waals surface area contributed by atoms with Crippen LogP contribution in [0, 0.1) is 6.92 Å². The van der Waals surface area contributed by atoms with E-state index >= 15 is 0 Å². The predicted molar refractivity (Wildman–Crippen MR) is 68.2 cm³/mol. The van der Waals surface area contributed by atoms with Crippen LogP contribution >= 0.6 is 15.9 Å². The Morgan fingerprint density at radius 2 is 1.94 bits per heavy atom. The number of nitrogens with one attached hydrogen (secondary N) is 1. The molecule has 0 unspecified atom stereocenters. The lowest BCUT2D eigenvalue weighted by atomic mass is 10.2. The van der Waals surface area contributed by atoms with Crippen molar-refractivity contribution in [1.29, 1.82) is 0 Å². The van der Waals surface area contributed by atoms with Crippen molar-refractivity contribution in [2.24, 2.45) is 0 Å². The quantitative estimate of drug-likeness (QED) is 0.937. The molecule has 16 heavy (non-hydrogen) atoms. The highest BCUT2D eigenvalue weighted by atomic mass is 79.9. The summed E-state index contributed by atoms with van der Waals surface area (Å²) in [5.74, 6) is 0.830. The third-order valence-electron chi connectivity index (χ3n) is 2.27. The van der Waals surface area contributed by atoms with Crippen LogP contribution in [0.4, 0.5) is 5.82 Å². The molecule has 0 amide bonds. The molecule has 0 aliphatic heterocycles. The summed E-state index contributed by atoms with van der Waals surface area (Å²) in [4.78, 5) is 8.28. The molecule has 0 spiro atoms. The predicted octanol–water partition coefficient (Wildman–Crippen LogP) is 3.16. The third kappa shape index (κ3) is 2.58. The summed E-state index contributed by atoms with van der Waals surface area (Å²) in [6.07, 6.45) is 1.56. The first kappa shape index (κ1) is 11.1. The minimum Gasteiger partial charge on any atom is -0.365 e. The van der Waals surface area contributed by atoms with Crippen LogP contribution in [0.25, 0.3) is 0 Å². The molecular weight excluding hydrogens is 266 g/mol. The van der Waals surface area contributed by atoms with Gasteiger partial charge in [-0.1, -0.05) is 30.3 Å². The normalized spacial score (nSPS) is 10.1. The van der Waals surface area contributed by atoms with Crippen LogP contribution in [0.5, 0.6) is 0 Å². The van der Waals surface area contributed by atoms with Gasteiger partial charge in [0, 0.05) is 6.54 Å². The highest BCUT2D eigenvalue weighted by Gasteiger charge is 2.03. The van der Waals surface area contributed by atoms with E-state index < -0.39 is 0 Å². The number of rotatable bonds is 3. The summed E-state index contributed by atoms with van der Waals surface area (Å²) in [6, 6.07) is 10.2. The van der Waals surface area contributed by atoms with Crippen molar-refractivity contribution in [2.45, 2.75) is 13.5 Å². The van der Waals surface area contributed by atoms with E-state index in [4.69, 9.17) is 0 Å². The van der Waals surface area contributed by atoms with Crippen molar-refractivity contribution < 1.29 is 0 Å². The molecule has 1 N–H and O–H groups in total. The number of aromatic nitrogens is 2. The van der Waals surface area contributed by atoms with Gasteiger partial charge >= 0.3 is 0 Å². The maximum absolute atomic E-state index is 4.19. The van der Waals surface area contributed by atoms with Gasteiger partial charge in [0.2, 0.25) is 0 Å². The third-order valence-corrected chi connectivity index (χ3v) is 3.22. The van der Waals surface area contributed by atoms with Crippen LogP contribution in [-0.2, 0) is 6.54 Å². The van der Waals surface area contributed by atoms with Gasteiger partial charge in [0.05, 0.1) is 10.2 Å². The molecule has 0 saturated heterocycles. The van der Waals surface area contributed by atoms with Crippen LogP contribution < -0.4 is 5.32 Å². The Bertz CT molecular complexity index is 471. The molecule has 2 aromatic rings. The Morgan fingerprint density at radius 1 is 1.19 bits per heavy atom. The lowest BCUT2D eigenvalue weighted by molar-refractivity contribution is 1.04. The molecule has 0 aliphatic rings. The highest BCUT2D eigenvalue weighted by Crippen LogP contribution is 2.21. The van der Waals surface area contributed by atoms with E-state index in [1.165, 1.54) is 5.56 Å². The summed E-state index contributed by atoms with van der Waals surface area (Å²) in [5.41, 5.74) is 2.16. The molecule has 0 aliphatic carbocycles. The smallest absolute Gasteiger partial charge is 0.144 e. The minimum absolute atomic E-state index is 0.760. The number of anilines is 1. The molecule has 1 aromatic carbocycles. The summed E-state index contributed by atoms with van der Waals surface area (Å²) in [5, 5.41) is 3.27. The highest BCUT2D eigenvalue weighted by molar-refractivity contribution is 9.10. The Labute approximate surface area is 103 Å². The first-order chi connectivity index (χ1) is 7.77. The van der Waals surface area contributed by atoms with E-state index in [0.29, 0.717) is 0 Å². The van der Waals surface area contributed by atoms with Crippen LogP contribution in [0.2, 0.25) is 0 Å². The van der Waals surface area contributed by atoms with E-state index in [1.54, 1.807) is 6.33 Å². The van der Waals surface area contributed by atoms with Gasteiger partial charge in [-0.15, -0.1) is 0 Å². The van der Waals surface area contributed by atoms with E-state index in [-0.39, 0.29) is 0 Å². The topological polar surface area (TPSA) is 37.8 Å². The Morgan fingerprint density at radius 3 is 2.69 bits per heavy atom. The maximum Gasteiger partial charge on any atom is 0.144 e. The van der Waals surface area contributed by atoms with E-state index in [9.17, 15) is 0 Å². The van der Waals surface area contributed by atoms with Gasteiger partial charge < -0.3 is 5.32 Å². The fourth-order valence-electron chi connectivity index (χ4n) is 1.36. The second-order valence-electron chi connectivity index (χ2n) is 3.46. The number of hydrogen-bond acceptors (Lipinski definition) is 3. The number of nitrogens with zero attached hydrogens (tertiary/aromatic N) is 2. The Kier molecular flexibility index (Phi) is 3.51. The average molecular weight is 278 g/mol. The summed E-state index contributed by atoms with van der Waals surface area (Å²) in [6.45, 7) is 2.70. The lowest BCUT2D eigenvalue weighted by Crippen LogP contribution is -2.03. The second-order valence-corrected chi connectivity index (χ2v) is 4.25. The number of benzene rings is 1. The molecule has 0 bridgehead atoms. The van der Waals surface area contributed by atoms with Gasteiger partial charge in [-0.25, -0.2) is 9.97 Å². The largest absolute Gasteiger partial charge is 0.365 e. The van der Waals surface area contributed by atoms with Gasteiger partial charge in [0.25, 0.3) is 0 Å². The zero-order valence-electron chi connectivity index (χ0n) is 8.94. The van der Waals surface area contributed by atoms with Crippen LogP contribution in [-0.4, -0.2) is 9.97 Å². The fraction of sp³-hybridized carbons (Fsp3) is 0.167. The number of halogens is 1. The summed E-state index contributed by atoms with van der Waals surface area (Å²) >= 11 is 3.47. The van der Waals surface area contributed by atoms with Crippen molar-refractivity contribution in [3.8, 4) is 0 Å². The monoisotopic (exact) mass is 277 g/mol. The minimum atomic E-state index is 0.760. The van der Waals surface area contributed by atoms with Crippen LogP contribution in [0.15, 0.2) is 41.1 Å². The second kappa shape index (κ2) is 5.07.